The number of carbonyl (C=O) groups excluding carboxylic acids is 1. The summed E-state index contributed by atoms with van der Waals surface area (Å²) >= 11 is 0. The van der Waals surface area contributed by atoms with Crippen molar-refractivity contribution in [3.8, 4) is 5.69 Å². The van der Waals surface area contributed by atoms with Crippen LogP contribution in [-0.4, -0.2) is 39.5 Å². The molecule has 0 unspecified atom stereocenters. The summed E-state index contributed by atoms with van der Waals surface area (Å²) in [5, 5.41) is 18.1. The zero-order valence-electron chi connectivity index (χ0n) is 15.0. The molecule has 1 aromatic heterocycles. The van der Waals surface area contributed by atoms with Crippen LogP contribution < -0.4 is 5.43 Å². The van der Waals surface area contributed by atoms with E-state index >= 15 is 0 Å². The van der Waals surface area contributed by atoms with Gasteiger partial charge in [-0.1, -0.05) is 53.6 Å². The van der Waals surface area contributed by atoms with E-state index in [2.05, 4.69) is 30.8 Å². The van der Waals surface area contributed by atoms with Crippen LogP contribution in [0, 0.1) is 0 Å². The van der Waals surface area contributed by atoms with Gasteiger partial charge in [0.25, 0.3) is 5.95 Å². The Labute approximate surface area is 160 Å². The number of hydrazone groups is 1. The maximum Gasteiger partial charge on any atom is 0.337 e. The molecule has 0 saturated heterocycles. The SMILES string of the molecule is COC(=O)c1ccc(/C=N\Nc2nnnn2-c2cccc3ccccc23)cc1. The quantitative estimate of drug-likeness (QED) is 0.329. The molecule has 0 radical (unpaired) electrons. The van der Waals surface area contributed by atoms with Crippen molar-refractivity contribution in [2.45, 2.75) is 0 Å². The minimum Gasteiger partial charge on any atom is -0.465 e. The molecular formula is C20H16N6O2. The molecule has 0 spiro atoms. The van der Waals surface area contributed by atoms with Crippen molar-refractivity contribution in [3.63, 3.8) is 0 Å². The van der Waals surface area contributed by atoms with Gasteiger partial charge >= 0.3 is 5.97 Å². The lowest BCUT2D eigenvalue weighted by Crippen LogP contribution is -2.04. The van der Waals surface area contributed by atoms with E-state index in [1.54, 1.807) is 35.2 Å². The molecule has 8 heteroatoms. The fraction of sp³-hybridized carbons (Fsp3) is 0.0500. The third-order valence-corrected chi connectivity index (χ3v) is 4.17. The third-order valence-electron chi connectivity index (χ3n) is 4.17. The number of nitrogens with one attached hydrogen (secondary N) is 1. The molecule has 0 saturated carbocycles. The number of aromatic nitrogens is 4. The normalized spacial score (nSPS) is 11.0. The Hall–Kier alpha value is -4.07. The van der Waals surface area contributed by atoms with E-state index in [9.17, 15) is 4.79 Å². The first-order valence-electron chi connectivity index (χ1n) is 8.50. The van der Waals surface area contributed by atoms with Crippen molar-refractivity contribution in [2.75, 3.05) is 12.5 Å². The van der Waals surface area contributed by atoms with E-state index in [0.717, 1.165) is 22.0 Å². The maximum atomic E-state index is 11.5. The molecule has 1 heterocycles. The Morgan fingerprint density at radius 3 is 2.68 bits per heavy atom. The Balaban J connectivity index is 1.55. The van der Waals surface area contributed by atoms with Gasteiger partial charge in [-0.15, -0.1) is 0 Å². The van der Waals surface area contributed by atoms with Crippen LogP contribution in [0.3, 0.4) is 0 Å². The number of ether oxygens (including phenoxy) is 1. The summed E-state index contributed by atoms with van der Waals surface area (Å²) in [4.78, 5) is 11.5. The van der Waals surface area contributed by atoms with Crippen LogP contribution in [0.1, 0.15) is 15.9 Å². The zero-order valence-corrected chi connectivity index (χ0v) is 15.0. The van der Waals surface area contributed by atoms with Crippen LogP contribution in [0.4, 0.5) is 5.95 Å². The monoisotopic (exact) mass is 372 g/mol. The summed E-state index contributed by atoms with van der Waals surface area (Å²) in [6, 6.07) is 20.8. The highest BCUT2D eigenvalue weighted by molar-refractivity contribution is 5.91. The predicted octanol–water partition coefficient (Wildman–Crippen LogP) is 3.05. The van der Waals surface area contributed by atoms with Crippen molar-refractivity contribution in [3.05, 3.63) is 77.9 Å². The van der Waals surface area contributed by atoms with Crippen molar-refractivity contribution in [2.24, 2.45) is 5.10 Å². The molecule has 0 fully saturated rings. The largest absolute Gasteiger partial charge is 0.465 e. The predicted molar refractivity (Wildman–Crippen MR) is 106 cm³/mol. The topological polar surface area (TPSA) is 94.3 Å². The van der Waals surface area contributed by atoms with E-state index < -0.39 is 0 Å². The number of nitrogens with zero attached hydrogens (tertiary/aromatic N) is 5. The van der Waals surface area contributed by atoms with Crippen LogP contribution >= 0.6 is 0 Å². The average molecular weight is 372 g/mol. The fourth-order valence-electron chi connectivity index (χ4n) is 2.80. The van der Waals surface area contributed by atoms with Crippen LogP contribution in [0.5, 0.6) is 0 Å². The molecule has 0 aliphatic carbocycles. The molecule has 0 aliphatic rings. The van der Waals surface area contributed by atoms with E-state index in [4.69, 9.17) is 0 Å². The van der Waals surface area contributed by atoms with Gasteiger partial charge in [0.05, 0.1) is 24.6 Å². The number of methoxy groups -OCH3 is 1. The lowest BCUT2D eigenvalue weighted by molar-refractivity contribution is 0.0600. The third kappa shape index (κ3) is 3.43. The van der Waals surface area contributed by atoms with Gasteiger partial charge in [0.2, 0.25) is 0 Å². The van der Waals surface area contributed by atoms with Gasteiger partial charge < -0.3 is 4.74 Å². The second-order valence-corrected chi connectivity index (χ2v) is 5.90. The highest BCUT2D eigenvalue weighted by Crippen LogP contribution is 2.23. The number of hydrogen-bond acceptors (Lipinski definition) is 7. The van der Waals surface area contributed by atoms with Crippen LogP contribution in [0.25, 0.3) is 16.5 Å². The highest BCUT2D eigenvalue weighted by Gasteiger charge is 2.10. The second kappa shape index (κ2) is 7.67. The van der Waals surface area contributed by atoms with Crippen molar-refractivity contribution >= 4 is 28.9 Å². The zero-order chi connectivity index (χ0) is 19.3. The molecule has 0 amide bonds. The summed E-state index contributed by atoms with van der Waals surface area (Å²) in [7, 11) is 1.35. The number of anilines is 1. The molecular weight excluding hydrogens is 356 g/mol. The van der Waals surface area contributed by atoms with Gasteiger partial charge in [-0.2, -0.15) is 9.78 Å². The summed E-state index contributed by atoms with van der Waals surface area (Å²) in [5.74, 6) is 0.00895. The number of fused-ring (bicyclic) bond motifs is 1. The number of benzene rings is 3. The number of hydrogen-bond donors (Lipinski definition) is 1. The molecule has 8 nitrogen and oxygen atoms in total. The lowest BCUT2D eigenvalue weighted by atomic mass is 10.1. The minimum absolute atomic E-state index is 0.379. The molecule has 138 valence electrons. The minimum atomic E-state index is -0.379. The summed E-state index contributed by atoms with van der Waals surface area (Å²) < 4.78 is 6.28. The molecule has 28 heavy (non-hydrogen) atoms. The fourth-order valence-corrected chi connectivity index (χ4v) is 2.80. The van der Waals surface area contributed by atoms with E-state index in [1.165, 1.54) is 7.11 Å². The Morgan fingerprint density at radius 1 is 1.07 bits per heavy atom. The molecule has 0 bridgehead atoms. The summed E-state index contributed by atoms with van der Waals surface area (Å²) in [6.45, 7) is 0. The van der Waals surface area contributed by atoms with Gasteiger partial charge in [0.1, 0.15) is 0 Å². The first kappa shape index (κ1) is 17.3. The molecule has 0 atom stereocenters. The second-order valence-electron chi connectivity index (χ2n) is 5.90. The van der Waals surface area contributed by atoms with Crippen LogP contribution in [0.2, 0.25) is 0 Å². The lowest BCUT2D eigenvalue weighted by Gasteiger charge is -2.07. The Morgan fingerprint density at radius 2 is 1.86 bits per heavy atom. The molecule has 4 rings (SSSR count). The van der Waals surface area contributed by atoms with Crippen molar-refractivity contribution in [1.29, 1.82) is 0 Å². The summed E-state index contributed by atoms with van der Waals surface area (Å²) in [5.41, 5.74) is 5.00. The number of esters is 1. The molecule has 1 N–H and O–H groups in total. The van der Waals surface area contributed by atoms with E-state index in [1.807, 2.05) is 42.5 Å². The van der Waals surface area contributed by atoms with E-state index in [-0.39, 0.29) is 5.97 Å². The number of rotatable bonds is 5. The Kier molecular flexibility index (Phi) is 4.75. The van der Waals surface area contributed by atoms with Gasteiger partial charge in [-0.3, -0.25) is 0 Å². The van der Waals surface area contributed by atoms with Crippen molar-refractivity contribution in [1.82, 2.24) is 20.2 Å². The number of tetrazole rings is 1. The van der Waals surface area contributed by atoms with Gasteiger partial charge in [0.15, 0.2) is 0 Å². The first-order chi connectivity index (χ1) is 13.8. The number of carbonyl (C=O) groups is 1. The molecule has 4 aromatic rings. The summed E-state index contributed by atoms with van der Waals surface area (Å²) in [6.07, 6.45) is 1.61. The average Bonchev–Trinajstić information content (AvgIpc) is 3.21. The maximum absolute atomic E-state index is 11.5. The first-order valence-corrected chi connectivity index (χ1v) is 8.50. The van der Waals surface area contributed by atoms with E-state index in [0.29, 0.717) is 11.5 Å². The van der Waals surface area contributed by atoms with Gasteiger partial charge in [0, 0.05) is 5.39 Å². The molecule has 3 aromatic carbocycles. The van der Waals surface area contributed by atoms with Gasteiger partial charge in [-0.25, -0.2) is 10.2 Å². The van der Waals surface area contributed by atoms with Crippen LogP contribution in [0.15, 0.2) is 71.8 Å². The smallest absolute Gasteiger partial charge is 0.337 e. The van der Waals surface area contributed by atoms with Crippen molar-refractivity contribution < 1.29 is 9.53 Å². The standard InChI is InChI=1S/C20H16N6O2/c1-28-19(27)16-11-9-14(10-12-16)13-21-22-20-23-24-25-26(20)18-8-4-6-15-5-2-3-7-17(15)18/h2-13H,1H3,(H,22,23,25)/b21-13-. The van der Waals surface area contributed by atoms with Gasteiger partial charge in [-0.05, 0) is 39.6 Å². The Bertz CT molecular complexity index is 1150. The van der Waals surface area contributed by atoms with Crippen LogP contribution in [-0.2, 0) is 4.74 Å². The highest BCUT2D eigenvalue weighted by atomic mass is 16.5. The molecule has 0 aliphatic heterocycles.